The highest BCUT2D eigenvalue weighted by Crippen LogP contribution is 2.12. The van der Waals surface area contributed by atoms with Crippen LogP contribution in [-0.2, 0) is 9.53 Å². The Kier molecular flexibility index (Phi) is 7.21. The first-order valence-electron chi connectivity index (χ1n) is 6.87. The van der Waals surface area contributed by atoms with E-state index >= 15 is 0 Å². The fourth-order valence-corrected chi connectivity index (χ4v) is 2.35. The molecule has 1 fully saturated rings. The van der Waals surface area contributed by atoms with Crippen LogP contribution in [0.25, 0.3) is 0 Å². The fraction of sp³-hybridized carbons (Fsp3) is 0.923. The van der Waals surface area contributed by atoms with E-state index in [4.69, 9.17) is 4.74 Å². The lowest BCUT2D eigenvalue weighted by Crippen LogP contribution is -2.48. The molecule has 0 bridgehead atoms. The number of ether oxygens (including phenoxy) is 1. The van der Waals surface area contributed by atoms with E-state index < -0.39 is 0 Å². The predicted molar refractivity (Wildman–Crippen MR) is 69.0 cm³/mol. The van der Waals surface area contributed by atoms with Gasteiger partial charge in [-0.25, -0.2) is 0 Å². The molecule has 1 amide bonds. The minimum absolute atomic E-state index is 0.279. The molecule has 0 aromatic rings. The van der Waals surface area contributed by atoms with E-state index in [1.54, 1.807) is 0 Å². The highest BCUT2D eigenvalue weighted by atomic mass is 16.5. The van der Waals surface area contributed by atoms with Crippen molar-refractivity contribution >= 4 is 5.91 Å². The standard InChI is InChI=1S/C13H26N2O2/c1-3-15(12-7-5-9-14-11-12)13(16)8-6-10-17-4-2/h12,14H,3-11H2,1-2H3. The second-order valence-corrected chi connectivity index (χ2v) is 4.48. The lowest BCUT2D eigenvalue weighted by molar-refractivity contribution is -0.134. The Labute approximate surface area is 105 Å². The summed E-state index contributed by atoms with van der Waals surface area (Å²) in [6.07, 6.45) is 3.76. The van der Waals surface area contributed by atoms with Crippen molar-refractivity contribution in [3.63, 3.8) is 0 Å². The molecule has 1 rings (SSSR count). The zero-order valence-electron chi connectivity index (χ0n) is 11.2. The van der Waals surface area contributed by atoms with Crippen molar-refractivity contribution in [2.24, 2.45) is 0 Å². The van der Waals surface area contributed by atoms with Gasteiger partial charge in [0, 0.05) is 38.8 Å². The molecule has 1 aliphatic rings. The summed E-state index contributed by atoms with van der Waals surface area (Å²) in [6, 6.07) is 0.397. The van der Waals surface area contributed by atoms with E-state index in [0.717, 1.165) is 39.1 Å². The van der Waals surface area contributed by atoms with Crippen LogP contribution in [0.5, 0.6) is 0 Å². The summed E-state index contributed by atoms with van der Waals surface area (Å²) in [5.41, 5.74) is 0. The van der Waals surface area contributed by atoms with Crippen LogP contribution in [0.15, 0.2) is 0 Å². The van der Waals surface area contributed by atoms with Gasteiger partial charge in [0.1, 0.15) is 0 Å². The van der Waals surface area contributed by atoms with Crippen LogP contribution in [0.2, 0.25) is 0 Å². The summed E-state index contributed by atoms with van der Waals surface area (Å²) in [5.74, 6) is 0.279. The second kappa shape index (κ2) is 8.48. The maximum absolute atomic E-state index is 12.1. The summed E-state index contributed by atoms with van der Waals surface area (Å²) < 4.78 is 5.26. The van der Waals surface area contributed by atoms with Crippen molar-refractivity contribution in [1.82, 2.24) is 10.2 Å². The van der Waals surface area contributed by atoms with Gasteiger partial charge in [-0.3, -0.25) is 4.79 Å². The molecule has 1 atom stereocenters. The summed E-state index contributed by atoms with van der Waals surface area (Å²) in [5, 5.41) is 3.36. The van der Waals surface area contributed by atoms with Crippen LogP contribution >= 0.6 is 0 Å². The van der Waals surface area contributed by atoms with Crippen molar-refractivity contribution in [2.75, 3.05) is 32.8 Å². The number of amides is 1. The fourth-order valence-electron chi connectivity index (χ4n) is 2.35. The van der Waals surface area contributed by atoms with Gasteiger partial charge in [-0.1, -0.05) is 0 Å². The van der Waals surface area contributed by atoms with Crippen molar-refractivity contribution in [3.05, 3.63) is 0 Å². The molecule has 17 heavy (non-hydrogen) atoms. The summed E-state index contributed by atoms with van der Waals surface area (Å²) in [4.78, 5) is 14.1. The first-order valence-corrected chi connectivity index (χ1v) is 6.87. The molecule has 4 nitrogen and oxygen atoms in total. The topological polar surface area (TPSA) is 41.6 Å². The number of nitrogens with zero attached hydrogens (tertiary/aromatic N) is 1. The number of piperidine rings is 1. The maximum atomic E-state index is 12.1. The molecule has 0 saturated carbocycles. The molecule has 1 unspecified atom stereocenters. The number of rotatable bonds is 7. The average molecular weight is 242 g/mol. The molecule has 100 valence electrons. The number of carbonyl (C=O) groups is 1. The first-order chi connectivity index (χ1) is 8.29. The number of nitrogens with one attached hydrogen (secondary N) is 1. The number of hydrogen-bond donors (Lipinski definition) is 1. The number of carbonyl (C=O) groups excluding carboxylic acids is 1. The molecule has 1 heterocycles. The maximum Gasteiger partial charge on any atom is 0.222 e. The van der Waals surface area contributed by atoms with Gasteiger partial charge < -0.3 is 15.0 Å². The highest BCUT2D eigenvalue weighted by molar-refractivity contribution is 5.76. The van der Waals surface area contributed by atoms with Crippen molar-refractivity contribution < 1.29 is 9.53 Å². The van der Waals surface area contributed by atoms with Crippen LogP contribution in [0.1, 0.15) is 39.5 Å². The van der Waals surface area contributed by atoms with Crippen molar-refractivity contribution in [1.29, 1.82) is 0 Å². The average Bonchev–Trinajstić information content (AvgIpc) is 2.37. The third-order valence-corrected chi connectivity index (χ3v) is 3.26. The Morgan fingerprint density at radius 3 is 2.88 bits per heavy atom. The van der Waals surface area contributed by atoms with Crippen LogP contribution in [0, 0.1) is 0 Å². The van der Waals surface area contributed by atoms with Gasteiger partial charge in [-0.2, -0.15) is 0 Å². The molecule has 1 aliphatic heterocycles. The molecular formula is C13H26N2O2. The van der Waals surface area contributed by atoms with Crippen LogP contribution < -0.4 is 5.32 Å². The molecule has 1 N–H and O–H groups in total. The highest BCUT2D eigenvalue weighted by Gasteiger charge is 2.23. The number of likely N-dealkylation sites (N-methyl/N-ethyl adjacent to an activating group) is 1. The van der Waals surface area contributed by atoms with Gasteiger partial charge in [-0.05, 0) is 39.7 Å². The lowest BCUT2D eigenvalue weighted by Gasteiger charge is -2.34. The lowest BCUT2D eigenvalue weighted by atomic mass is 10.1. The van der Waals surface area contributed by atoms with E-state index in [-0.39, 0.29) is 5.91 Å². The minimum atomic E-state index is 0.279. The normalized spacial score (nSPS) is 20.2. The third kappa shape index (κ3) is 5.04. The third-order valence-electron chi connectivity index (χ3n) is 3.26. The van der Waals surface area contributed by atoms with Gasteiger partial charge in [0.15, 0.2) is 0 Å². The predicted octanol–water partition coefficient (Wildman–Crippen LogP) is 1.40. The van der Waals surface area contributed by atoms with Gasteiger partial charge in [-0.15, -0.1) is 0 Å². The Hall–Kier alpha value is -0.610. The molecule has 0 aliphatic carbocycles. The Morgan fingerprint density at radius 1 is 1.47 bits per heavy atom. The molecule has 0 aromatic carbocycles. The molecular weight excluding hydrogens is 216 g/mol. The summed E-state index contributed by atoms with van der Waals surface area (Å²) >= 11 is 0. The van der Waals surface area contributed by atoms with Crippen LogP contribution in [0.3, 0.4) is 0 Å². The van der Waals surface area contributed by atoms with Crippen LogP contribution in [-0.4, -0.2) is 49.7 Å². The van der Waals surface area contributed by atoms with E-state index in [9.17, 15) is 4.79 Å². The Bertz CT molecular complexity index is 215. The quantitative estimate of drug-likeness (QED) is 0.686. The molecule has 1 saturated heterocycles. The van der Waals surface area contributed by atoms with Crippen molar-refractivity contribution in [3.8, 4) is 0 Å². The van der Waals surface area contributed by atoms with E-state index in [1.165, 1.54) is 6.42 Å². The first kappa shape index (κ1) is 14.5. The Morgan fingerprint density at radius 2 is 2.29 bits per heavy atom. The zero-order chi connectivity index (χ0) is 12.5. The molecule has 0 aromatic heterocycles. The van der Waals surface area contributed by atoms with Gasteiger partial charge in [0.2, 0.25) is 5.91 Å². The van der Waals surface area contributed by atoms with Gasteiger partial charge in [0.25, 0.3) is 0 Å². The summed E-state index contributed by atoms with van der Waals surface area (Å²) in [6.45, 7) is 8.33. The van der Waals surface area contributed by atoms with E-state index in [1.807, 2.05) is 11.8 Å². The Balaban J connectivity index is 2.29. The van der Waals surface area contributed by atoms with Crippen LogP contribution in [0.4, 0.5) is 0 Å². The second-order valence-electron chi connectivity index (χ2n) is 4.48. The molecule has 0 spiro atoms. The van der Waals surface area contributed by atoms with Gasteiger partial charge >= 0.3 is 0 Å². The monoisotopic (exact) mass is 242 g/mol. The van der Waals surface area contributed by atoms with E-state index in [2.05, 4.69) is 12.2 Å². The van der Waals surface area contributed by atoms with Crippen molar-refractivity contribution in [2.45, 2.75) is 45.6 Å². The van der Waals surface area contributed by atoms with E-state index in [0.29, 0.717) is 19.1 Å². The zero-order valence-corrected chi connectivity index (χ0v) is 11.2. The molecule has 0 radical (unpaired) electrons. The molecule has 4 heteroatoms. The van der Waals surface area contributed by atoms with Gasteiger partial charge in [0.05, 0.1) is 0 Å². The SMILES string of the molecule is CCOCCCC(=O)N(CC)C1CCCNC1. The summed E-state index contributed by atoms with van der Waals surface area (Å²) in [7, 11) is 0. The number of hydrogen-bond acceptors (Lipinski definition) is 3. The minimum Gasteiger partial charge on any atom is -0.382 e. The smallest absolute Gasteiger partial charge is 0.222 e. The largest absolute Gasteiger partial charge is 0.382 e.